The van der Waals surface area contributed by atoms with Crippen LogP contribution < -0.4 is 5.32 Å². The Morgan fingerprint density at radius 3 is 2.43 bits per heavy atom. The molecule has 116 valence electrons. The molecule has 0 spiro atoms. The van der Waals surface area contributed by atoms with Crippen LogP contribution in [0.1, 0.15) is 37.9 Å². The number of hydrogen-bond acceptors (Lipinski definition) is 5. The summed E-state index contributed by atoms with van der Waals surface area (Å²) < 4.78 is 4.78. The molecule has 1 rings (SSSR count). The second-order valence-corrected chi connectivity index (χ2v) is 5.44. The van der Waals surface area contributed by atoms with Gasteiger partial charge in [0.15, 0.2) is 0 Å². The van der Waals surface area contributed by atoms with E-state index in [1.807, 2.05) is 26.8 Å². The highest BCUT2D eigenvalue weighted by molar-refractivity contribution is 5.76. The fourth-order valence-corrected chi connectivity index (χ4v) is 2.12. The van der Waals surface area contributed by atoms with Crippen molar-refractivity contribution in [3.05, 3.63) is 39.4 Å². The third kappa shape index (κ3) is 4.26. The molecule has 0 saturated heterocycles. The Kier molecular flexibility index (Phi) is 5.84. The van der Waals surface area contributed by atoms with E-state index in [9.17, 15) is 14.9 Å². The number of methoxy groups -OCH3 is 1. The Balaban J connectivity index is 2.97. The number of hydrogen-bond donors (Lipinski definition) is 1. The lowest BCUT2D eigenvalue weighted by molar-refractivity contribution is -0.385. The van der Waals surface area contributed by atoms with Crippen molar-refractivity contribution in [1.29, 1.82) is 0 Å². The number of aryl methyl sites for hydroxylation is 1. The van der Waals surface area contributed by atoms with E-state index in [1.54, 1.807) is 19.1 Å². The van der Waals surface area contributed by atoms with Crippen molar-refractivity contribution in [3.8, 4) is 0 Å². The summed E-state index contributed by atoms with van der Waals surface area (Å²) in [7, 11) is 1.35. The lowest BCUT2D eigenvalue weighted by Gasteiger charge is -2.24. The maximum Gasteiger partial charge on any atom is 0.323 e. The number of benzene rings is 1. The van der Waals surface area contributed by atoms with Gasteiger partial charge in [0.2, 0.25) is 0 Å². The molecule has 6 nitrogen and oxygen atoms in total. The highest BCUT2D eigenvalue weighted by Gasteiger charge is 2.25. The Morgan fingerprint density at radius 1 is 1.33 bits per heavy atom. The summed E-state index contributed by atoms with van der Waals surface area (Å²) in [4.78, 5) is 22.4. The van der Waals surface area contributed by atoms with Gasteiger partial charge in [-0.1, -0.05) is 26.0 Å². The van der Waals surface area contributed by atoms with Crippen LogP contribution in [0.4, 0.5) is 5.69 Å². The standard InChI is InChI=1S/C15H22N2O4/c1-9(2)14(15(18)21-5)16-11(4)12-7-6-10(3)13(8-12)17(19)20/h6-9,11,14,16H,1-5H3/t11?,14-/m0/s1. The van der Waals surface area contributed by atoms with Gasteiger partial charge in [-0.2, -0.15) is 0 Å². The second kappa shape index (κ2) is 7.17. The molecule has 0 aliphatic heterocycles. The van der Waals surface area contributed by atoms with E-state index in [1.165, 1.54) is 7.11 Å². The number of nitro benzene ring substituents is 1. The SMILES string of the molecule is COC(=O)[C@@H](NC(C)c1ccc(C)c([N+](=O)[O-])c1)C(C)C. The molecule has 0 amide bonds. The summed E-state index contributed by atoms with van der Waals surface area (Å²) in [5.41, 5.74) is 1.46. The molecule has 1 aromatic carbocycles. The van der Waals surface area contributed by atoms with Crippen molar-refractivity contribution < 1.29 is 14.5 Å². The molecular formula is C15H22N2O4. The monoisotopic (exact) mass is 294 g/mol. The first-order valence-corrected chi connectivity index (χ1v) is 6.86. The van der Waals surface area contributed by atoms with Crippen LogP contribution in [0.15, 0.2) is 18.2 Å². The molecular weight excluding hydrogens is 272 g/mol. The largest absolute Gasteiger partial charge is 0.468 e. The van der Waals surface area contributed by atoms with Gasteiger partial charge in [-0.3, -0.25) is 20.2 Å². The molecule has 0 heterocycles. The van der Waals surface area contributed by atoms with Crippen molar-refractivity contribution >= 4 is 11.7 Å². The van der Waals surface area contributed by atoms with E-state index in [4.69, 9.17) is 4.74 Å². The minimum atomic E-state index is -0.453. The minimum Gasteiger partial charge on any atom is -0.468 e. The zero-order chi connectivity index (χ0) is 16.2. The molecule has 1 unspecified atom stereocenters. The molecule has 0 bridgehead atoms. The van der Waals surface area contributed by atoms with E-state index in [0.29, 0.717) is 5.56 Å². The van der Waals surface area contributed by atoms with Gasteiger partial charge in [-0.25, -0.2) is 0 Å². The lowest BCUT2D eigenvalue weighted by Crippen LogP contribution is -2.42. The number of ether oxygens (including phenoxy) is 1. The highest BCUT2D eigenvalue weighted by Crippen LogP contribution is 2.24. The predicted octanol–water partition coefficient (Wildman–Crippen LogP) is 2.75. The van der Waals surface area contributed by atoms with E-state index < -0.39 is 11.0 Å². The summed E-state index contributed by atoms with van der Waals surface area (Å²) in [6, 6.07) is 4.44. The van der Waals surface area contributed by atoms with Gasteiger partial charge in [-0.15, -0.1) is 0 Å². The number of esters is 1. The van der Waals surface area contributed by atoms with E-state index in [2.05, 4.69) is 5.32 Å². The van der Waals surface area contributed by atoms with Gasteiger partial charge in [0.25, 0.3) is 5.69 Å². The number of carbonyl (C=O) groups is 1. The molecule has 0 aromatic heterocycles. The van der Waals surface area contributed by atoms with Crippen LogP contribution in [-0.4, -0.2) is 24.0 Å². The molecule has 1 aromatic rings. The predicted molar refractivity (Wildman–Crippen MR) is 80.0 cm³/mol. The Hall–Kier alpha value is -1.95. The summed E-state index contributed by atoms with van der Waals surface area (Å²) in [5.74, 6) is -0.279. The van der Waals surface area contributed by atoms with E-state index in [0.717, 1.165) is 5.56 Å². The van der Waals surface area contributed by atoms with Crippen molar-refractivity contribution in [2.24, 2.45) is 5.92 Å². The normalized spacial score (nSPS) is 13.8. The smallest absolute Gasteiger partial charge is 0.323 e. The van der Waals surface area contributed by atoms with E-state index in [-0.39, 0.29) is 23.6 Å². The van der Waals surface area contributed by atoms with Gasteiger partial charge >= 0.3 is 5.97 Å². The van der Waals surface area contributed by atoms with Gasteiger partial charge in [0.1, 0.15) is 6.04 Å². The van der Waals surface area contributed by atoms with Crippen LogP contribution in [0.3, 0.4) is 0 Å². The van der Waals surface area contributed by atoms with Crippen LogP contribution >= 0.6 is 0 Å². The van der Waals surface area contributed by atoms with Crippen LogP contribution in [-0.2, 0) is 9.53 Å². The number of carbonyl (C=O) groups excluding carboxylic acids is 1. The van der Waals surface area contributed by atoms with Gasteiger partial charge < -0.3 is 4.74 Å². The Morgan fingerprint density at radius 2 is 1.95 bits per heavy atom. The van der Waals surface area contributed by atoms with Crippen molar-refractivity contribution in [3.63, 3.8) is 0 Å². The van der Waals surface area contributed by atoms with Crippen molar-refractivity contribution in [1.82, 2.24) is 5.32 Å². The van der Waals surface area contributed by atoms with E-state index >= 15 is 0 Å². The van der Waals surface area contributed by atoms with Gasteiger partial charge in [0.05, 0.1) is 12.0 Å². The van der Waals surface area contributed by atoms with Crippen LogP contribution in [0.2, 0.25) is 0 Å². The average molecular weight is 294 g/mol. The maximum atomic E-state index is 11.8. The molecule has 1 N–H and O–H groups in total. The molecule has 0 aliphatic carbocycles. The molecule has 0 aliphatic rings. The quantitative estimate of drug-likeness (QED) is 0.495. The third-order valence-corrected chi connectivity index (χ3v) is 3.48. The molecule has 0 saturated carbocycles. The Bertz CT molecular complexity index is 528. The number of nitrogens with zero attached hydrogens (tertiary/aromatic N) is 1. The highest BCUT2D eigenvalue weighted by atomic mass is 16.6. The minimum absolute atomic E-state index is 0.0559. The summed E-state index contributed by atoms with van der Waals surface area (Å²) in [5, 5.41) is 14.2. The first-order chi connectivity index (χ1) is 9.77. The zero-order valence-corrected chi connectivity index (χ0v) is 13.0. The number of nitrogens with one attached hydrogen (secondary N) is 1. The van der Waals surface area contributed by atoms with Crippen molar-refractivity contribution in [2.45, 2.75) is 39.8 Å². The fraction of sp³-hybridized carbons (Fsp3) is 0.533. The van der Waals surface area contributed by atoms with Crippen LogP contribution in [0.5, 0.6) is 0 Å². The zero-order valence-electron chi connectivity index (χ0n) is 13.0. The summed E-state index contributed by atoms with van der Waals surface area (Å²) in [6.07, 6.45) is 0. The third-order valence-electron chi connectivity index (χ3n) is 3.48. The first-order valence-electron chi connectivity index (χ1n) is 6.86. The fourth-order valence-electron chi connectivity index (χ4n) is 2.12. The maximum absolute atomic E-state index is 11.8. The second-order valence-electron chi connectivity index (χ2n) is 5.44. The molecule has 0 fully saturated rings. The molecule has 6 heteroatoms. The lowest BCUT2D eigenvalue weighted by atomic mass is 10.00. The summed E-state index contributed by atoms with van der Waals surface area (Å²) >= 11 is 0. The van der Waals surface area contributed by atoms with Crippen molar-refractivity contribution in [2.75, 3.05) is 7.11 Å². The summed E-state index contributed by atoms with van der Waals surface area (Å²) in [6.45, 7) is 7.40. The first kappa shape index (κ1) is 17.1. The molecule has 2 atom stereocenters. The molecule has 0 radical (unpaired) electrons. The molecule has 21 heavy (non-hydrogen) atoms. The topological polar surface area (TPSA) is 81.5 Å². The average Bonchev–Trinajstić information content (AvgIpc) is 2.43. The Labute approximate surface area is 124 Å². The van der Waals surface area contributed by atoms with Crippen LogP contribution in [0.25, 0.3) is 0 Å². The van der Waals surface area contributed by atoms with Gasteiger partial charge in [0, 0.05) is 17.7 Å². The van der Waals surface area contributed by atoms with Crippen LogP contribution in [0, 0.1) is 23.0 Å². The van der Waals surface area contributed by atoms with Gasteiger partial charge in [-0.05, 0) is 25.3 Å². The number of rotatable bonds is 6. The number of nitro groups is 1.